The normalized spacial score (nSPS) is 13.9. The number of fused-ring (bicyclic) bond motifs is 9. The Bertz CT molecular complexity index is 3640. The Morgan fingerprint density at radius 2 is 0.892 bits per heavy atom. The van der Waals surface area contributed by atoms with E-state index in [1.54, 1.807) is 0 Å². The van der Waals surface area contributed by atoms with Crippen LogP contribution in [-0.4, -0.2) is 9.97 Å². The predicted octanol–water partition coefficient (Wildman–Crippen LogP) is 15.7. The molecular formula is C62H42N2O. The molecule has 0 aliphatic heterocycles. The van der Waals surface area contributed by atoms with Crippen LogP contribution in [0.4, 0.5) is 0 Å². The average molecular weight is 831 g/mol. The first-order chi connectivity index (χ1) is 32.0. The zero-order valence-electron chi connectivity index (χ0n) is 36.1. The number of para-hydroxylation sites is 1. The van der Waals surface area contributed by atoms with Crippen molar-refractivity contribution in [2.75, 3.05) is 0 Å². The lowest BCUT2D eigenvalue weighted by Crippen LogP contribution is -2.28. The summed E-state index contributed by atoms with van der Waals surface area (Å²) in [7, 11) is 0. The number of hydrogen-bond donors (Lipinski definition) is 0. The van der Waals surface area contributed by atoms with Crippen molar-refractivity contribution in [1.82, 2.24) is 9.97 Å². The Balaban J connectivity index is 1.02. The molecule has 0 fully saturated rings. The van der Waals surface area contributed by atoms with Gasteiger partial charge in [-0.3, -0.25) is 0 Å². The van der Waals surface area contributed by atoms with Gasteiger partial charge in [0.1, 0.15) is 11.2 Å². The third-order valence-corrected chi connectivity index (χ3v) is 14.2. The molecule has 0 atom stereocenters. The lowest BCUT2D eigenvalue weighted by atomic mass is 9.67. The molecule has 2 aliphatic rings. The smallest absolute Gasteiger partial charge is 0.160 e. The number of furan rings is 1. The molecule has 0 bridgehead atoms. The fourth-order valence-corrected chi connectivity index (χ4v) is 11.3. The maximum absolute atomic E-state index is 6.28. The van der Waals surface area contributed by atoms with Gasteiger partial charge in [0, 0.05) is 32.9 Å². The van der Waals surface area contributed by atoms with Crippen LogP contribution in [0.2, 0.25) is 0 Å². The molecule has 2 heterocycles. The summed E-state index contributed by atoms with van der Waals surface area (Å²) in [5.74, 6) is 0.718. The molecule has 0 N–H and O–H groups in total. The highest BCUT2D eigenvalue weighted by Gasteiger charge is 2.46. The third-order valence-electron chi connectivity index (χ3n) is 14.2. The van der Waals surface area contributed by atoms with Crippen LogP contribution in [0.5, 0.6) is 0 Å². The summed E-state index contributed by atoms with van der Waals surface area (Å²) >= 11 is 0. The SMILES string of the molecule is CC1(C)c2ccccc2-c2cccc(-c3nc(-c4ccc(-c5cccc6oc7ccccc7c56)cc4)cc(-c4ccc5c(c4)C(c4ccccc4)(c4ccccc4)c4ccccc4-5)n3)c21. The lowest BCUT2D eigenvalue weighted by Gasteiger charge is -2.34. The maximum Gasteiger partial charge on any atom is 0.160 e. The van der Waals surface area contributed by atoms with Crippen molar-refractivity contribution in [2.45, 2.75) is 24.7 Å². The molecular weight excluding hydrogens is 789 g/mol. The van der Waals surface area contributed by atoms with Crippen molar-refractivity contribution in [3.63, 3.8) is 0 Å². The maximum atomic E-state index is 6.28. The van der Waals surface area contributed by atoms with E-state index < -0.39 is 5.41 Å². The second-order valence-electron chi connectivity index (χ2n) is 18.0. The molecule has 0 saturated heterocycles. The van der Waals surface area contributed by atoms with Crippen LogP contribution in [0, 0.1) is 0 Å². The third kappa shape index (κ3) is 5.49. The number of hydrogen-bond acceptors (Lipinski definition) is 3. The summed E-state index contributed by atoms with van der Waals surface area (Å²) in [5.41, 5.74) is 20.8. The first-order valence-corrected chi connectivity index (χ1v) is 22.5. The quantitative estimate of drug-likeness (QED) is 0.168. The van der Waals surface area contributed by atoms with E-state index in [0.29, 0.717) is 0 Å². The molecule has 3 heteroatoms. The van der Waals surface area contributed by atoms with Gasteiger partial charge in [-0.15, -0.1) is 0 Å². The molecule has 11 aromatic rings. The van der Waals surface area contributed by atoms with Crippen LogP contribution in [-0.2, 0) is 10.8 Å². The van der Waals surface area contributed by atoms with Gasteiger partial charge in [-0.25, -0.2) is 9.97 Å². The summed E-state index contributed by atoms with van der Waals surface area (Å²) in [6.07, 6.45) is 0. The molecule has 0 spiro atoms. The van der Waals surface area contributed by atoms with Crippen molar-refractivity contribution in [3.05, 3.63) is 252 Å². The van der Waals surface area contributed by atoms with Crippen molar-refractivity contribution in [2.24, 2.45) is 0 Å². The molecule has 0 amide bonds. The van der Waals surface area contributed by atoms with Gasteiger partial charge in [0.2, 0.25) is 0 Å². The van der Waals surface area contributed by atoms with E-state index in [2.05, 4.69) is 220 Å². The summed E-state index contributed by atoms with van der Waals surface area (Å²) in [6.45, 7) is 4.67. The van der Waals surface area contributed by atoms with E-state index in [4.69, 9.17) is 14.4 Å². The minimum absolute atomic E-state index is 0.244. The predicted molar refractivity (Wildman–Crippen MR) is 266 cm³/mol. The van der Waals surface area contributed by atoms with E-state index in [1.807, 2.05) is 12.1 Å². The number of rotatable bonds is 6. The minimum Gasteiger partial charge on any atom is -0.456 e. The van der Waals surface area contributed by atoms with E-state index in [-0.39, 0.29) is 5.41 Å². The number of benzene rings is 9. The highest BCUT2D eigenvalue weighted by Crippen LogP contribution is 2.57. The van der Waals surface area contributed by atoms with E-state index in [0.717, 1.165) is 67.0 Å². The fourth-order valence-electron chi connectivity index (χ4n) is 11.3. The van der Waals surface area contributed by atoms with Crippen molar-refractivity contribution >= 4 is 21.9 Å². The highest BCUT2D eigenvalue weighted by atomic mass is 16.3. The summed E-state index contributed by atoms with van der Waals surface area (Å²) in [5, 5.41) is 2.25. The Kier molecular flexibility index (Phi) is 8.17. The number of nitrogens with zero attached hydrogens (tertiary/aromatic N) is 2. The van der Waals surface area contributed by atoms with Crippen LogP contribution in [0.3, 0.4) is 0 Å². The first kappa shape index (κ1) is 37.4. The van der Waals surface area contributed by atoms with Crippen molar-refractivity contribution < 1.29 is 4.42 Å². The van der Waals surface area contributed by atoms with Crippen LogP contribution in [0.25, 0.3) is 89.2 Å². The molecule has 306 valence electrons. The zero-order valence-corrected chi connectivity index (χ0v) is 36.1. The van der Waals surface area contributed by atoms with Crippen LogP contribution in [0.1, 0.15) is 47.2 Å². The molecule has 0 radical (unpaired) electrons. The average Bonchev–Trinajstić information content (AvgIpc) is 3.98. The summed E-state index contributed by atoms with van der Waals surface area (Å²) in [4.78, 5) is 11.1. The lowest BCUT2D eigenvalue weighted by molar-refractivity contribution is 0.661. The van der Waals surface area contributed by atoms with E-state index >= 15 is 0 Å². The van der Waals surface area contributed by atoms with Crippen molar-refractivity contribution in [3.8, 4) is 67.3 Å². The standard InChI is InChI=1S/C62H42N2O/c1-61(2)51-27-12-9-22-46(51)48-25-15-26-50(59(48)61)60-63-54(40-33-31-39(32-34-40)44-24-16-30-57-58(44)49-23-11-14-29-56(49)65-57)38-55(64-60)41-35-36-47-45-21-10-13-28-52(45)62(53(47)37-41,42-17-5-3-6-18-42)43-19-7-4-8-20-43/h3-38H,1-2H3. The van der Waals surface area contributed by atoms with Crippen molar-refractivity contribution in [1.29, 1.82) is 0 Å². The van der Waals surface area contributed by atoms with Gasteiger partial charge >= 0.3 is 0 Å². The molecule has 2 aliphatic carbocycles. The molecule has 2 aromatic heterocycles. The summed E-state index contributed by atoms with van der Waals surface area (Å²) < 4.78 is 6.28. The van der Waals surface area contributed by atoms with Crippen LogP contribution in [0.15, 0.2) is 223 Å². The van der Waals surface area contributed by atoms with E-state index in [1.165, 1.54) is 55.6 Å². The monoisotopic (exact) mass is 830 g/mol. The molecule has 3 nitrogen and oxygen atoms in total. The van der Waals surface area contributed by atoms with Crippen LogP contribution >= 0.6 is 0 Å². The Labute approximate surface area is 378 Å². The molecule has 0 saturated carbocycles. The Morgan fingerprint density at radius 3 is 1.65 bits per heavy atom. The number of aromatic nitrogens is 2. The van der Waals surface area contributed by atoms with Gasteiger partial charge in [-0.05, 0) is 91.0 Å². The highest BCUT2D eigenvalue weighted by molar-refractivity contribution is 6.12. The van der Waals surface area contributed by atoms with Crippen LogP contribution < -0.4 is 0 Å². The van der Waals surface area contributed by atoms with Gasteiger partial charge in [-0.1, -0.05) is 208 Å². The van der Waals surface area contributed by atoms with Gasteiger partial charge in [0.25, 0.3) is 0 Å². The molecule has 65 heavy (non-hydrogen) atoms. The second kappa shape index (κ2) is 14.2. The largest absolute Gasteiger partial charge is 0.456 e. The first-order valence-electron chi connectivity index (χ1n) is 22.5. The topological polar surface area (TPSA) is 38.9 Å². The fraction of sp³-hybridized carbons (Fsp3) is 0.0645. The second-order valence-corrected chi connectivity index (χ2v) is 18.0. The van der Waals surface area contributed by atoms with Gasteiger partial charge in [-0.2, -0.15) is 0 Å². The Hall–Kier alpha value is -8.14. The summed E-state index contributed by atoms with van der Waals surface area (Å²) in [6, 6.07) is 78.9. The Morgan fingerprint density at radius 1 is 0.369 bits per heavy atom. The zero-order chi connectivity index (χ0) is 43.3. The molecule has 9 aromatic carbocycles. The molecule has 0 unspecified atom stereocenters. The van der Waals surface area contributed by atoms with Gasteiger partial charge in [0.15, 0.2) is 5.82 Å². The van der Waals surface area contributed by atoms with Gasteiger partial charge < -0.3 is 4.42 Å². The van der Waals surface area contributed by atoms with Gasteiger partial charge in [0.05, 0.1) is 16.8 Å². The minimum atomic E-state index is -0.530. The molecule has 13 rings (SSSR count). The van der Waals surface area contributed by atoms with E-state index in [9.17, 15) is 0 Å².